The minimum Gasteiger partial charge on any atom is -0.493 e. The van der Waals surface area contributed by atoms with Crippen LogP contribution in [0.1, 0.15) is 21.5 Å². The highest BCUT2D eigenvalue weighted by molar-refractivity contribution is 5.96. The van der Waals surface area contributed by atoms with Crippen molar-refractivity contribution in [2.24, 2.45) is 0 Å². The van der Waals surface area contributed by atoms with Crippen LogP contribution in [0.4, 0.5) is 0 Å². The zero-order valence-electron chi connectivity index (χ0n) is 15.0. The van der Waals surface area contributed by atoms with Gasteiger partial charge >= 0.3 is 0 Å². The van der Waals surface area contributed by atoms with Crippen LogP contribution < -0.4 is 14.8 Å². The summed E-state index contributed by atoms with van der Waals surface area (Å²) in [6, 6.07) is 12.7. The highest BCUT2D eigenvalue weighted by Gasteiger charge is 2.23. The number of benzene rings is 2. The summed E-state index contributed by atoms with van der Waals surface area (Å²) in [5, 5.41) is 2.69. The van der Waals surface area contributed by atoms with E-state index in [4.69, 9.17) is 9.47 Å². The lowest BCUT2D eigenvalue weighted by molar-refractivity contribution is -0.131. The second kappa shape index (κ2) is 7.91. The predicted octanol–water partition coefficient (Wildman–Crippen LogP) is 2.02. The number of nitrogens with one attached hydrogen (secondary N) is 1. The van der Waals surface area contributed by atoms with Crippen LogP contribution >= 0.6 is 0 Å². The Morgan fingerprint density at radius 2 is 1.69 bits per heavy atom. The number of hydrogen-bond donors (Lipinski definition) is 1. The molecular weight excluding hydrogens is 332 g/mol. The number of carbonyl (C=O) groups excluding carboxylic acids is 2. The standard InChI is InChI=1S/C20H22N2O4/c1-25-17-10-15-8-9-22(13-16(15)11-18(17)26-2)19(23)12-21-20(24)14-6-4-3-5-7-14/h3-7,10-11H,8-9,12-13H2,1-2H3,(H,21,24). The minimum absolute atomic E-state index is 0.0175. The molecule has 0 unspecified atom stereocenters. The summed E-state index contributed by atoms with van der Waals surface area (Å²) in [4.78, 5) is 26.3. The first-order valence-corrected chi connectivity index (χ1v) is 8.47. The number of rotatable bonds is 5. The highest BCUT2D eigenvalue weighted by Crippen LogP contribution is 2.33. The molecule has 6 heteroatoms. The molecule has 1 heterocycles. The molecule has 3 rings (SSSR count). The van der Waals surface area contributed by atoms with Crippen molar-refractivity contribution in [1.82, 2.24) is 10.2 Å². The number of carbonyl (C=O) groups is 2. The number of fused-ring (bicyclic) bond motifs is 1. The molecule has 0 fully saturated rings. The molecule has 0 bridgehead atoms. The Hall–Kier alpha value is -3.02. The Labute approximate surface area is 152 Å². The normalized spacial score (nSPS) is 12.9. The summed E-state index contributed by atoms with van der Waals surface area (Å²) >= 11 is 0. The lowest BCUT2D eigenvalue weighted by Crippen LogP contribution is -2.42. The Morgan fingerprint density at radius 3 is 2.35 bits per heavy atom. The number of nitrogens with zero attached hydrogens (tertiary/aromatic N) is 1. The molecule has 2 aromatic rings. The van der Waals surface area contributed by atoms with Crippen molar-refractivity contribution in [1.29, 1.82) is 0 Å². The SMILES string of the molecule is COc1cc2c(cc1OC)CN(C(=O)CNC(=O)c1ccccc1)CC2. The fourth-order valence-corrected chi connectivity index (χ4v) is 3.06. The Kier molecular flexibility index (Phi) is 5.41. The molecule has 1 aliphatic heterocycles. The molecule has 0 radical (unpaired) electrons. The van der Waals surface area contributed by atoms with Crippen LogP contribution in [0.3, 0.4) is 0 Å². The largest absolute Gasteiger partial charge is 0.493 e. The van der Waals surface area contributed by atoms with Crippen LogP contribution in [-0.2, 0) is 17.8 Å². The first kappa shape index (κ1) is 17.8. The Morgan fingerprint density at radius 1 is 1.04 bits per heavy atom. The van der Waals surface area contributed by atoms with Crippen molar-refractivity contribution < 1.29 is 19.1 Å². The number of ether oxygens (including phenoxy) is 2. The van der Waals surface area contributed by atoms with Crippen LogP contribution in [0, 0.1) is 0 Å². The zero-order valence-corrected chi connectivity index (χ0v) is 15.0. The van der Waals surface area contributed by atoms with Crippen molar-refractivity contribution in [3.63, 3.8) is 0 Å². The molecule has 2 aromatic carbocycles. The summed E-state index contributed by atoms with van der Waals surface area (Å²) in [5.41, 5.74) is 2.73. The van der Waals surface area contributed by atoms with Gasteiger partial charge in [-0.05, 0) is 41.8 Å². The number of methoxy groups -OCH3 is 2. The Bertz CT molecular complexity index is 805. The van der Waals surface area contributed by atoms with Gasteiger partial charge in [0.05, 0.1) is 20.8 Å². The molecule has 0 spiro atoms. The van der Waals surface area contributed by atoms with Gasteiger partial charge in [-0.1, -0.05) is 18.2 Å². The van der Waals surface area contributed by atoms with Gasteiger partial charge in [0.15, 0.2) is 11.5 Å². The molecule has 6 nitrogen and oxygen atoms in total. The van der Waals surface area contributed by atoms with Crippen LogP contribution in [0.5, 0.6) is 11.5 Å². The van der Waals surface area contributed by atoms with Crippen LogP contribution in [0.25, 0.3) is 0 Å². The quantitative estimate of drug-likeness (QED) is 0.892. The molecule has 0 saturated heterocycles. The second-order valence-corrected chi connectivity index (χ2v) is 6.09. The van der Waals surface area contributed by atoms with Gasteiger partial charge in [-0.15, -0.1) is 0 Å². The van der Waals surface area contributed by atoms with Gasteiger partial charge in [0, 0.05) is 18.7 Å². The zero-order chi connectivity index (χ0) is 18.5. The molecule has 136 valence electrons. The monoisotopic (exact) mass is 354 g/mol. The molecule has 26 heavy (non-hydrogen) atoms. The van der Waals surface area contributed by atoms with Gasteiger partial charge in [-0.3, -0.25) is 9.59 Å². The summed E-state index contributed by atoms with van der Waals surface area (Å²) in [7, 11) is 3.20. The number of amides is 2. The smallest absolute Gasteiger partial charge is 0.251 e. The lowest BCUT2D eigenvalue weighted by atomic mass is 9.98. The predicted molar refractivity (Wildman–Crippen MR) is 97.4 cm³/mol. The summed E-state index contributed by atoms with van der Waals surface area (Å²) < 4.78 is 10.7. The van der Waals surface area contributed by atoms with E-state index in [0.717, 1.165) is 17.5 Å². The third-order valence-corrected chi connectivity index (χ3v) is 4.51. The first-order valence-electron chi connectivity index (χ1n) is 8.47. The third kappa shape index (κ3) is 3.79. The van der Waals surface area contributed by atoms with E-state index >= 15 is 0 Å². The third-order valence-electron chi connectivity index (χ3n) is 4.51. The number of hydrogen-bond acceptors (Lipinski definition) is 4. The topological polar surface area (TPSA) is 67.9 Å². The average molecular weight is 354 g/mol. The van der Waals surface area contributed by atoms with Crippen LogP contribution in [0.2, 0.25) is 0 Å². The molecule has 0 saturated carbocycles. The molecule has 2 amide bonds. The van der Waals surface area contributed by atoms with Gasteiger partial charge in [-0.25, -0.2) is 0 Å². The molecule has 0 atom stereocenters. The van der Waals surface area contributed by atoms with Crippen molar-refractivity contribution in [3.8, 4) is 11.5 Å². The fraction of sp³-hybridized carbons (Fsp3) is 0.300. The molecule has 1 N–H and O–H groups in total. The maximum Gasteiger partial charge on any atom is 0.251 e. The van der Waals surface area contributed by atoms with Crippen molar-refractivity contribution >= 4 is 11.8 Å². The highest BCUT2D eigenvalue weighted by atomic mass is 16.5. The maximum absolute atomic E-state index is 12.5. The molecule has 0 aromatic heterocycles. The van der Waals surface area contributed by atoms with E-state index in [1.807, 2.05) is 18.2 Å². The molecule has 1 aliphatic rings. The summed E-state index contributed by atoms with van der Waals surface area (Å²) in [6.07, 6.45) is 0.744. The van der Waals surface area contributed by atoms with E-state index in [0.29, 0.717) is 30.2 Å². The minimum atomic E-state index is -0.247. The van der Waals surface area contributed by atoms with E-state index in [1.54, 1.807) is 43.4 Å². The maximum atomic E-state index is 12.5. The van der Waals surface area contributed by atoms with Gasteiger partial charge in [-0.2, -0.15) is 0 Å². The van der Waals surface area contributed by atoms with Crippen LogP contribution in [-0.4, -0.2) is 44.0 Å². The van der Waals surface area contributed by atoms with Gasteiger partial charge in [0.2, 0.25) is 5.91 Å². The van der Waals surface area contributed by atoms with Gasteiger partial charge in [0.1, 0.15) is 0 Å². The van der Waals surface area contributed by atoms with E-state index in [9.17, 15) is 9.59 Å². The van der Waals surface area contributed by atoms with E-state index in [1.165, 1.54) is 0 Å². The van der Waals surface area contributed by atoms with E-state index in [-0.39, 0.29) is 18.4 Å². The Balaban J connectivity index is 1.63. The molecule has 0 aliphatic carbocycles. The average Bonchev–Trinajstić information content (AvgIpc) is 2.70. The van der Waals surface area contributed by atoms with E-state index < -0.39 is 0 Å². The summed E-state index contributed by atoms with van der Waals surface area (Å²) in [5.74, 6) is 0.997. The van der Waals surface area contributed by atoms with Gasteiger partial charge in [0.25, 0.3) is 5.91 Å². The van der Waals surface area contributed by atoms with Gasteiger partial charge < -0.3 is 19.7 Å². The van der Waals surface area contributed by atoms with Crippen molar-refractivity contribution in [3.05, 3.63) is 59.2 Å². The van der Waals surface area contributed by atoms with E-state index in [2.05, 4.69) is 5.32 Å². The van der Waals surface area contributed by atoms with Crippen LogP contribution in [0.15, 0.2) is 42.5 Å². The van der Waals surface area contributed by atoms with Crippen molar-refractivity contribution in [2.75, 3.05) is 27.3 Å². The second-order valence-electron chi connectivity index (χ2n) is 6.09. The fourth-order valence-electron chi connectivity index (χ4n) is 3.06. The van der Waals surface area contributed by atoms with Crippen molar-refractivity contribution in [2.45, 2.75) is 13.0 Å². The first-order chi connectivity index (χ1) is 12.6. The molecular formula is C20H22N2O4. The summed E-state index contributed by atoms with van der Waals surface area (Å²) in [6.45, 7) is 1.09. The lowest BCUT2D eigenvalue weighted by Gasteiger charge is -2.29.